The zero-order chi connectivity index (χ0) is 18.8. The predicted molar refractivity (Wildman–Crippen MR) is 108 cm³/mol. The van der Waals surface area contributed by atoms with Gasteiger partial charge in [-0.15, -0.1) is 0 Å². The quantitative estimate of drug-likeness (QED) is 0.565. The number of ether oxygens (including phenoxy) is 2. The van der Waals surface area contributed by atoms with Crippen LogP contribution in [0.3, 0.4) is 0 Å². The van der Waals surface area contributed by atoms with Gasteiger partial charge in [0.1, 0.15) is 23.4 Å². The minimum Gasteiger partial charge on any atom is -0.484 e. The topological polar surface area (TPSA) is 47.6 Å². The Hall–Kier alpha value is -1.62. The van der Waals surface area contributed by atoms with Crippen molar-refractivity contribution in [2.75, 3.05) is 11.9 Å². The van der Waals surface area contributed by atoms with Gasteiger partial charge in [0, 0.05) is 12.3 Å². The number of nitrogens with one attached hydrogen (secondary N) is 1. The fourth-order valence-electron chi connectivity index (χ4n) is 6.49. The number of hydrogen-bond acceptors (Lipinski definition) is 4. The molecule has 5 rings (SSSR count). The molecule has 0 saturated heterocycles. The van der Waals surface area contributed by atoms with E-state index in [0.29, 0.717) is 24.4 Å². The molecule has 0 unspecified atom stereocenters. The summed E-state index contributed by atoms with van der Waals surface area (Å²) in [5, 5.41) is 3.34. The first-order valence-corrected chi connectivity index (χ1v) is 10.6. The average Bonchev–Trinajstić information content (AvgIpc) is 2.96. The third kappa shape index (κ3) is 2.69. The second-order valence-corrected chi connectivity index (χ2v) is 9.51. The van der Waals surface area contributed by atoms with E-state index in [4.69, 9.17) is 21.7 Å². The van der Waals surface area contributed by atoms with Crippen molar-refractivity contribution in [1.82, 2.24) is 0 Å². The van der Waals surface area contributed by atoms with Crippen LogP contribution in [0.4, 0.5) is 5.69 Å². The van der Waals surface area contributed by atoms with Crippen molar-refractivity contribution in [1.29, 1.82) is 0 Å². The largest absolute Gasteiger partial charge is 0.484 e. The van der Waals surface area contributed by atoms with Crippen molar-refractivity contribution in [2.45, 2.75) is 64.4 Å². The highest BCUT2D eigenvalue weighted by Gasteiger charge is 2.56. The minimum atomic E-state index is -0.133. The number of benzene rings is 1. The Morgan fingerprint density at radius 2 is 2.15 bits per heavy atom. The molecule has 0 aromatic heterocycles. The first kappa shape index (κ1) is 17.5. The fraction of sp³-hybridized carbons (Fsp3) is 0.636. The molecule has 1 aliphatic heterocycles. The van der Waals surface area contributed by atoms with E-state index in [2.05, 4.69) is 24.4 Å². The molecule has 0 spiro atoms. The van der Waals surface area contributed by atoms with Gasteiger partial charge in [0.25, 0.3) is 0 Å². The standard InChI is InChI=1S/C22H27NO3S/c1-12(24)26-20-6-5-17-15-4-3-13-9-19-18(23-21(27)11-25-19)10-16(13)14(15)7-8-22(17,20)2/h9-10,14-15,17,20H,3-8,11H2,1-2H3,(H,23,27)/t14-,15+,17-,20-,22-/m0/s1. The molecule has 3 aliphatic carbocycles. The third-order valence-corrected chi connectivity index (χ3v) is 7.90. The van der Waals surface area contributed by atoms with Crippen LogP contribution in [-0.4, -0.2) is 23.7 Å². The molecule has 1 N–H and O–H groups in total. The molecule has 1 heterocycles. The maximum absolute atomic E-state index is 11.6. The van der Waals surface area contributed by atoms with Crippen molar-refractivity contribution >= 4 is 28.9 Å². The number of aryl methyl sites for hydroxylation is 1. The first-order valence-electron chi connectivity index (χ1n) is 10.2. The Morgan fingerprint density at radius 1 is 1.30 bits per heavy atom. The number of carbonyl (C=O) groups is 1. The molecule has 5 atom stereocenters. The monoisotopic (exact) mass is 385 g/mol. The van der Waals surface area contributed by atoms with Gasteiger partial charge in [-0.3, -0.25) is 4.79 Å². The van der Waals surface area contributed by atoms with Gasteiger partial charge >= 0.3 is 5.97 Å². The van der Waals surface area contributed by atoms with Crippen LogP contribution in [0, 0.1) is 17.3 Å². The van der Waals surface area contributed by atoms with E-state index < -0.39 is 0 Å². The molecule has 4 aliphatic rings. The molecular weight excluding hydrogens is 358 g/mol. The summed E-state index contributed by atoms with van der Waals surface area (Å²) >= 11 is 5.30. The van der Waals surface area contributed by atoms with Crippen LogP contribution in [0.15, 0.2) is 12.1 Å². The molecular formula is C22H27NO3S. The van der Waals surface area contributed by atoms with Crippen LogP contribution in [0.5, 0.6) is 5.75 Å². The average molecular weight is 386 g/mol. The first-order chi connectivity index (χ1) is 13.0. The second kappa shape index (κ2) is 6.20. The van der Waals surface area contributed by atoms with Gasteiger partial charge in [0.05, 0.1) is 5.69 Å². The van der Waals surface area contributed by atoms with Crippen molar-refractivity contribution in [3.05, 3.63) is 23.3 Å². The van der Waals surface area contributed by atoms with Crippen molar-refractivity contribution in [3.63, 3.8) is 0 Å². The van der Waals surface area contributed by atoms with Crippen LogP contribution in [0.25, 0.3) is 0 Å². The molecule has 1 aromatic rings. The Bertz CT molecular complexity index is 822. The van der Waals surface area contributed by atoms with Crippen molar-refractivity contribution < 1.29 is 14.3 Å². The normalized spacial score (nSPS) is 36.4. The Balaban J connectivity index is 1.46. The number of hydrogen-bond donors (Lipinski definition) is 1. The van der Waals surface area contributed by atoms with Gasteiger partial charge in [-0.1, -0.05) is 19.1 Å². The fourth-order valence-corrected chi connectivity index (χ4v) is 6.66. The number of anilines is 1. The summed E-state index contributed by atoms with van der Waals surface area (Å²) in [6.07, 6.45) is 6.95. The van der Waals surface area contributed by atoms with E-state index in [0.717, 1.165) is 35.7 Å². The summed E-state index contributed by atoms with van der Waals surface area (Å²) in [5.41, 5.74) is 4.11. The molecule has 5 heteroatoms. The third-order valence-electron chi connectivity index (χ3n) is 7.68. The summed E-state index contributed by atoms with van der Waals surface area (Å²) in [6, 6.07) is 4.54. The number of rotatable bonds is 1. The molecule has 4 nitrogen and oxygen atoms in total. The lowest BCUT2D eigenvalue weighted by Gasteiger charge is -2.50. The van der Waals surface area contributed by atoms with Gasteiger partial charge in [-0.2, -0.15) is 0 Å². The Labute approximate surface area is 166 Å². The zero-order valence-electron chi connectivity index (χ0n) is 16.0. The minimum absolute atomic E-state index is 0.0957. The van der Waals surface area contributed by atoms with Crippen LogP contribution >= 0.6 is 12.2 Å². The number of thiocarbonyl (C=S) groups is 1. The number of esters is 1. The van der Waals surface area contributed by atoms with E-state index in [1.165, 1.54) is 30.4 Å². The molecule has 2 fully saturated rings. The summed E-state index contributed by atoms with van der Waals surface area (Å²) in [7, 11) is 0. The van der Waals surface area contributed by atoms with Gasteiger partial charge in [-0.25, -0.2) is 0 Å². The van der Waals surface area contributed by atoms with E-state index >= 15 is 0 Å². The van der Waals surface area contributed by atoms with Crippen LogP contribution in [0.2, 0.25) is 0 Å². The number of carbonyl (C=O) groups excluding carboxylic acids is 1. The predicted octanol–water partition coefficient (Wildman–Crippen LogP) is 4.61. The highest BCUT2D eigenvalue weighted by molar-refractivity contribution is 7.80. The van der Waals surface area contributed by atoms with Gasteiger partial charge in [0.15, 0.2) is 0 Å². The lowest BCUT2D eigenvalue weighted by Crippen LogP contribution is -2.45. The summed E-state index contributed by atoms with van der Waals surface area (Å²) in [5.74, 6) is 2.75. The molecule has 0 amide bonds. The molecule has 0 bridgehead atoms. The molecule has 0 radical (unpaired) electrons. The van der Waals surface area contributed by atoms with E-state index in [1.54, 1.807) is 6.92 Å². The second-order valence-electron chi connectivity index (χ2n) is 9.02. The van der Waals surface area contributed by atoms with Crippen LogP contribution in [-0.2, 0) is 16.0 Å². The van der Waals surface area contributed by atoms with Crippen LogP contribution in [0.1, 0.15) is 63.0 Å². The summed E-state index contributed by atoms with van der Waals surface area (Å²) in [4.78, 5) is 12.3. The number of fused-ring (bicyclic) bond motifs is 6. The lowest BCUT2D eigenvalue weighted by atomic mass is 9.55. The van der Waals surface area contributed by atoms with Crippen molar-refractivity contribution in [3.8, 4) is 5.75 Å². The van der Waals surface area contributed by atoms with E-state index in [-0.39, 0.29) is 17.5 Å². The zero-order valence-corrected chi connectivity index (χ0v) is 16.9. The maximum atomic E-state index is 11.6. The summed E-state index contributed by atoms with van der Waals surface area (Å²) < 4.78 is 11.6. The van der Waals surface area contributed by atoms with Crippen molar-refractivity contribution in [2.24, 2.45) is 17.3 Å². The highest BCUT2D eigenvalue weighted by atomic mass is 32.1. The van der Waals surface area contributed by atoms with E-state index in [9.17, 15) is 4.79 Å². The Morgan fingerprint density at radius 3 is 2.96 bits per heavy atom. The van der Waals surface area contributed by atoms with Gasteiger partial charge in [0.2, 0.25) is 0 Å². The molecule has 2 saturated carbocycles. The highest BCUT2D eigenvalue weighted by Crippen LogP contribution is 2.62. The van der Waals surface area contributed by atoms with Crippen LogP contribution < -0.4 is 10.1 Å². The molecule has 27 heavy (non-hydrogen) atoms. The maximum Gasteiger partial charge on any atom is 0.302 e. The molecule has 144 valence electrons. The lowest BCUT2D eigenvalue weighted by molar-refractivity contribution is -0.154. The molecule has 1 aromatic carbocycles. The van der Waals surface area contributed by atoms with Gasteiger partial charge in [-0.05, 0) is 79.5 Å². The smallest absolute Gasteiger partial charge is 0.302 e. The van der Waals surface area contributed by atoms with Gasteiger partial charge < -0.3 is 14.8 Å². The summed E-state index contributed by atoms with van der Waals surface area (Å²) in [6.45, 7) is 4.39. The Kier molecular flexibility index (Phi) is 4.01. The van der Waals surface area contributed by atoms with E-state index in [1.807, 2.05) is 0 Å². The SMILES string of the molecule is CC(=O)O[C@H]1CC[C@H]2[C@@H]3CCc4cc5c(cc4[C@H]3CC[C@]12C)NC(=S)CO5.